The summed E-state index contributed by atoms with van der Waals surface area (Å²) < 4.78 is 0. The topological polar surface area (TPSA) is 77.0 Å². The number of aliphatic hydroxyl groups excluding tert-OH is 1. The van der Waals surface area contributed by atoms with Crippen LogP contribution >= 0.6 is 0 Å². The molecule has 1 heterocycles. The van der Waals surface area contributed by atoms with Crippen molar-refractivity contribution in [2.45, 2.75) is 33.2 Å². The molecule has 24 heavy (non-hydrogen) atoms. The molecule has 3 N–H and O–H groups in total. The number of guanidine groups is 1. The minimum Gasteiger partial charge on any atom is -0.396 e. The highest BCUT2D eigenvalue weighted by molar-refractivity contribution is 5.95. The molecule has 0 aromatic heterocycles. The molecule has 1 aliphatic rings. The number of hydrogen-bond donors (Lipinski definition) is 3. The first kappa shape index (κ1) is 18.3. The molecular formula is C18H28N4O2. The summed E-state index contributed by atoms with van der Waals surface area (Å²) in [6.45, 7) is 7.01. The van der Waals surface area contributed by atoms with Gasteiger partial charge in [0.05, 0.1) is 6.54 Å². The number of rotatable bonds is 7. The van der Waals surface area contributed by atoms with Crippen molar-refractivity contribution < 1.29 is 9.90 Å². The summed E-state index contributed by atoms with van der Waals surface area (Å²) in [5.41, 5.74) is 2.06. The Morgan fingerprint density at radius 1 is 1.33 bits per heavy atom. The Kier molecular flexibility index (Phi) is 7.06. The smallest absolute Gasteiger partial charge is 0.227 e. The Morgan fingerprint density at radius 3 is 2.67 bits per heavy atom. The monoisotopic (exact) mass is 332 g/mol. The molecule has 1 aromatic rings. The molecule has 0 bridgehead atoms. The first-order valence-electron chi connectivity index (χ1n) is 8.66. The summed E-state index contributed by atoms with van der Waals surface area (Å²) in [7, 11) is 0. The first-order chi connectivity index (χ1) is 11.6. The molecule has 0 aliphatic carbocycles. The van der Waals surface area contributed by atoms with E-state index in [2.05, 4.69) is 15.6 Å². The molecule has 1 fully saturated rings. The standard InChI is InChI=1S/C18H28N4O2/c1-3-19-18(20-11-14(2)13-23)21-12-15-6-8-16(9-7-15)22-10-4-5-17(22)24/h6-9,14,23H,3-5,10-13H2,1-2H3,(H2,19,20,21). The highest BCUT2D eigenvalue weighted by Gasteiger charge is 2.21. The molecular weight excluding hydrogens is 304 g/mol. The largest absolute Gasteiger partial charge is 0.396 e. The summed E-state index contributed by atoms with van der Waals surface area (Å²) in [5, 5.41) is 15.5. The SMILES string of the molecule is CCNC(=NCc1ccc(N2CCCC2=O)cc1)NCC(C)CO. The van der Waals surface area contributed by atoms with Crippen LogP contribution < -0.4 is 15.5 Å². The average Bonchev–Trinajstić information content (AvgIpc) is 3.03. The second-order valence-electron chi connectivity index (χ2n) is 6.18. The Morgan fingerprint density at radius 2 is 2.08 bits per heavy atom. The lowest BCUT2D eigenvalue weighted by Crippen LogP contribution is -2.39. The van der Waals surface area contributed by atoms with Gasteiger partial charge in [-0.05, 0) is 37.0 Å². The lowest BCUT2D eigenvalue weighted by Gasteiger charge is -2.16. The van der Waals surface area contributed by atoms with E-state index in [1.165, 1.54) is 0 Å². The zero-order valence-electron chi connectivity index (χ0n) is 14.6. The summed E-state index contributed by atoms with van der Waals surface area (Å²) in [6.07, 6.45) is 1.59. The fourth-order valence-electron chi connectivity index (χ4n) is 2.55. The summed E-state index contributed by atoms with van der Waals surface area (Å²) >= 11 is 0. The Hall–Kier alpha value is -2.08. The first-order valence-corrected chi connectivity index (χ1v) is 8.66. The van der Waals surface area contributed by atoms with Crippen molar-refractivity contribution in [2.75, 3.05) is 31.1 Å². The van der Waals surface area contributed by atoms with E-state index in [0.29, 0.717) is 19.5 Å². The van der Waals surface area contributed by atoms with Crippen molar-refractivity contribution in [1.29, 1.82) is 0 Å². The predicted molar refractivity (Wildman–Crippen MR) is 97.1 cm³/mol. The maximum absolute atomic E-state index is 11.8. The van der Waals surface area contributed by atoms with Gasteiger partial charge in [-0.3, -0.25) is 4.79 Å². The van der Waals surface area contributed by atoms with Crippen LogP contribution in [0.3, 0.4) is 0 Å². The summed E-state index contributed by atoms with van der Waals surface area (Å²) in [6, 6.07) is 8.01. The van der Waals surface area contributed by atoms with E-state index >= 15 is 0 Å². The second kappa shape index (κ2) is 9.27. The van der Waals surface area contributed by atoms with E-state index in [0.717, 1.165) is 36.7 Å². The van der Waals surface area contributed by atoms with Crippen molar-refractivity contribution >= 4 is 17.6 Å². The molecule has 1 aliphatic heterocycles. The second-order valence-corrected chi connectivity index (χ2v) is 6.18. The molecule has 2 rings (SSSR count). The Balaban J connectivity index is 1.94. The number of amides is 1. The van der Waals surface area contributed by atoms with Gasteiger partial charge in [0.1, 0.15) is 0 Å². The quantitative estimate of drug-likeness (QED) is 0.522. The van der Waals surface area contributed by atoms with Gasteiger partial charge in [-0.15, -0.1) is 0 Å². The van der Waals surface area contributed by atoms with Gasteiger partial charge in [-0.2, -0.15) is 0 Å². The number of benzene rings is 1. The molecule has 132 valence electrons. The molecule has 1 amide bonds. The Labute approximate surface area is 144 Å². The van der Waals surface area contributed by atoms with Crippen LogP contribution in [0.15, 0.2) is 29.3 Å². The lowest BCUT2D eigenvalue weighted by molar-refractivity contribution is -0.117. The molecule has 0 radical (unpaired) electrons. The number of nitrogens with one attached hydrogen (secondary N) is 2. The third-order valence-corrected chi connectivity index (χ3v) is 4.02. The number of anilines is 1. The maximum atomic E-state index is 11.8. The number of hydrogen-bond acceptors (Lipinski definition) is 3. The highest BCUT2D eigenvalue weighted by Crippen LogP contribution is 2.21. The summed E-state index contributed by atoms with van der Waals surface area (Å²) in [5.74, 6) is 1.14. The normalized spacial score (nSPS) is 16.4. The van der Waals surface area contributed by atoms with E-state index in [-0.39, 0.29) is 18.4 Å². The molecule has 0 spiro atoms. The maximum Gasteiger partial charge on any atom is 0.227 e. The van der Waals surface area contributed by atoms with Crippen LogP contribution in [-0.4, -0.2) is 43.2 Å². The van der Waals surface area contributed by atoms with Gasteiger partial charge >= 0.3 is 0 Å². The third-order valence-electron chi connectivity index (χ3n) is 4.02. The van der Waals surface area contributed by atoms with Gasteiger partial charge in [-0.25, -0.2) is 4.99 Å². The molecule has 1 aromatic carbocycles. The van der Waals surface area contributed by atoms with Crippen LogP contribution in [0.2, 0.25) is 0 Å². The number of nitrogens with zero attached hydrogens (tertiary/aromatic N) is 2. The lowest BCUT2D eigenvalue weighted by atomic mass is 10.2. The minimum atomic E-state index is 0.156. The van der Waals surface area contributed by atoms with E-state index in [1.807, 2.05) is 43.0 Å². The van der Waals surface area contributed by atoms with Crippen molar-refractivity contribution in [2.24, 2.45) is 10.9 Å². The van der Waals surface area contributed by atoms with Gasteiger partial charge in [0.2, 0.25) is 5.91 Å². The number of carbonyl (C=O) groups is 1. The van der Waals surface area contributed by atoms with E-state index in [1.54, 1.807) is 0 Å². The van der Waals surface area contributed by atoms with Gasteiger partial charge < -0.3 is 20.6 Å². The number of aliphatic hydroxyl groups is 1. The molecule has 1 atom stereocenters. The van der Waals surface area contributed by atoms with Crippen molar-refractivity contribution in [3.05, 3.63) is 29.8 Å². The van der Waals surface area contributed by atoms with E-state index in [9.17, 15) is 4.79 Å². The Bertz CT molecular complexity index is 557. The third kappa shape index (κ3) is 5.23. The molecule has 6 heteroatoms. The van der Waals surface area contributed by atoms with Crippen LogP contribution in [0.4, 0.5) is 5.69 Å². The van der Waals surface area contributed by atoms with Crippen LogP contribution in [0.25, 0.3) is 0 Å². The van der Waals surface area contributed by atoms with Crippen LogP contribution in [-0.2, 0) is 11.3 Å². The molecule has 1 saturated heterocycles. The zero-order chi connectivity index (χ0) is 17.4. The van der Waals surface area contributed by atoms with Gasteiger partial charge in [-0.1, -0.05) is 19.1 Å². The van der Waals surface area contributed by atoms with Crippen LogP contribution in [0.5, 0.6) is 0 Å². The average molecular weight is 332 g/mol. The fraction of sp³-hybridized carbons (Fsp3) is 0.556. The number of aliphatic imine (C=N–C) groups is 1. The minimum absolute atomic E-state index is 0.156. The van der Waals surface area contributed by atoms with Crippen LogP contribution in [0, 0.1) is 5.92 Å². The van der Waals surface area contributed by atoms with Crippen LogP contribution in [0.1, 0.15) is 32.3 Å². The number of carbonyl (C=O) groups excluding carboxylic acids is 1. The summed E-state index contributed by atoms with van der Waals surface area (Å²) in [4.78, 5) is 18.2. The predicted octanol–water partition coefficient (Wildman–Crippen LogP) is 1.50. The van der Waals surface area contributed by atoms with Gasteiger partial charge in [0.15, 0.2) is 5.96 Å². The molecule has 1 unspecified atom stereocenters. The van der Waals surface area contributed by atoms with Crippen molar-refractivity contribution in [1.82, 2.24) is 10.6 Å². The molecule has 0 saturated carbocycles. The fourth-order valence-corrected chi connectivity index (χ4v) is 2.55. The highest BCUT2D eigenvalue weighted by atomic mass is 16.3. The van der Waals surface area contributed by atoms with Gasteiger partial charge in [0.25, 0.3) is 0 Å². The van der Waals surface area contributed by atoms with E-state index in [4.69, 9.17) is 5.11 Å². The van der Waals surface area contributed by atoms with Crippen molar-refractivity contribution in [3.8, 4) is 0 Å². The van der Waals surface area contributed by atoms with Crippen molar-refractivity contribution in [3.63, 3.8) is 0 Å². The van der Waals surface area contributed by atoms with Gasteiger partial charge in [0, 0.05) is 38.3 Å². The zero-order valence-corrected chi connectivity index (χ0v) is 14.6. The molecule has 6 nitrogen and oxygen atoms in total. The van der Waals surface area contributed by atoms with E-state index < -0.39 is 0 Å².